The van der Waals surface area contributed by atoms with Crippen LogP contribution in [0, 0.1) is 13.8 Å². The first kappa shape index (κ1) is 15.3. The Morgan fingerprint density at radius 2 is 1.78 bits per heavy atom. The second-order valence-corrected chi connectivity index (χ2v) is 5.98. The number of aryl methyl sites for hydroxylation is 3. The normalized spacial score (nSPS) is 10.9. The fourth-order valence-electron chi connectivity index (χ4n) is 2.63. The van der Waals surface area contributed by atoms with Crippen LogP contribution in [0.15, 0.2) is 42.5 Å². The fourth-order valence-corrected chi connectivity index (χ4v) is 2.63. The van der Waals surface area contributed by atoms with E-state index in [0.29, 0.717) is 13.0 Å². The second-order valence-electron chi connectivity index (χ2n) is 5.98. The Morgan fingerprint density at radius 1 is 1.09 bits per heavy atom. The summed E-state index contributed by atoms with van der Waals surface area (Å²) in [5, 5.41) is 2.97. The molecular weight excluding hydrogens is 286 g/mol. The highest BCUT2D eigenvalue weighted by atomic mass is 16.1. The standard InChI is InChI=1S/C19H21N3O/c1-13-4-6-15(7-5-13)12-20-19(23)11-16-8-9-18-17(10-16)21-14(2)22(18)3/h4-10H,11-12H2,1-3H3,(H,20,23). The molecule has 0 atom stereocenters. The molecule has 0 saturated carbocycles. The van der Waals surface area contributed by atoms with E-state index in [4.69, 9.17) is 0 Å². The SMILES string of the molecule is Cc1ccc(CNC(=O)Cc2ccc3c(c2)nc(C)n3C)cc1. The molecule has 1 N–H and O–H groups in total. The van der Waals surface area contributed by atoms with E-state index in [1.165, 1.54) is 5.56 Å². The van der Waals surface area contributed by atoms with Crippen molar-refractivity contribution in [3.63, 3.8) is 0 Å². The molecule has 0 saturated heterocycles. The monoisotopic (exact) mass is 307 g/mol. The van der Waals surface area contributed by atoms with Gasteiger partial charge in [0.05, 0.1) is 17.5 Å². The van der Waals surface area contributed by atoms with Gasteiger partial charge in [-0.3, -0.25) is 4.79 Å². The minimum atomic E-state index is 0.0255. The van der Waals surface area contributed by atoms with Crippen molar-refractivity contribution in [2.75, 3.05) is 0 Å². The summed E-state index contributed by atoms with van der Waals surface area (Å²) < 4.78 is 2.05. The number of rotatable bonds is 4. The Kier molecular flexibility index (Phi) is 4.15. The van der Waals surface area contributed by atoms with Crippen LogP contribution in [0.25, 0.3) is 11.0 Å². The molecule has 1 heterocycles. The van der Waals surface area contributed by atoms with Gasteiger partial charge in [-0.15, -0.1) is 0 Å². The Morgan fingerprint density at radius 3 is 2.52 bits per heavy atom. The molecule has 0 aliphatic rings. The zero-order valence-corrected chi connectivity index (χ0v) is 13.8. The lowest BCUT2D eigenvalue weighted by Crippen LogP contribution is -2.24. The third-order valence-electron chi connectivity index (χ3n) is 4.14. The van der Waals surface area contributed by atoms with Crippen LogP contribution in [0.2, 0.25) is 0 Å². The van der Waals surface area contributed by atoms with Crippen LogP contribution >= 0.6 is 0 Å². The van der Waals surface area contributed by atoms with Crippen LogP contribution in [0.1, 0.15) is 22.5 Å². The van der Waals surface area contributed by atoms with Gasteiger partial charge in [-0.05, 0) is 37.1 Å². The number of imidazole rings is 1. The first-order valence-electron chi connectivity index (χ1n) is 7.77. The molecule has 1 aromatic heterocycles. The van der Waals surface area contributed by atoms with Gasteiger partial charge in [-0.2, -0.15) is 0 Å². The largest absolute Gasteiger partial charge is 0.352 e. The van der Waals surface area contributed by atoms with Crippen molar-refractivity contribution in [1.82, 2.24) is 14.9 Å². The smallest absolute Gasteiger partial charge is 0.224 e. The lowest BCUT2D eigenvalue weighted by Gasteiger charge is -2.06. The zero-order valence-electron chi connectivity index (χ0n) is 13.8. The van der Waals surface area contributed by atoms with Gasteiger partial charge < -0.3 is 9.88 Å². The maximum absolute atomic E-state index is 12.1. The van der Waals surface area contributed by atoms with Crippen molar-refractivity contribution in [2.24, 2.45) is 7.05 Å². The van der Waals surface area contributed by atoms with E-state index in [1.54, 1.807) is 0 Å². The van der Waals surface area contributed by atoms with Crippen molar-refractivity contribution in [3.8, 4) is 0 Å². The number of hydrogen-bond donors (Lipinski definition) is 1. The Bertz CT molecular complexity index is 847. The molecule has 2 aromatic carbocycles. The van der Waals surface area contributed by atoms with E-state index in [2.05, 4.69) is 33.9 Å². The summed E-state index contributed by atoms with van der Waals surface area (Å²) in [5.41, 5.74) is 5.34. The highest BCUT2D eigenvalue weighted by Gasteiger charge is 2.08. The van der Waals surface area contributed by atoms with E-state index < -0.39 is 0 Å². The molecule has 118 valence electrons. The Labute approximate surface area is 136 Å². The summed E-state index contributed by atoms with van der Waals surface area (Å²) in [6.07, 6.45) is 0.372. The molecule has 3 aromatic rings. The summed E-state index contributed by atoms with van der Waals surface area (Å²) in [5.74, 6) is 0.999. The summed E-state index contributed by atoms with van der Waals surface area (Å²) in [4.78, 5) is 16.6. The molecule has 0 bridgehead atoms. The third-order valence-corrected chi connectivity index (χ3v) is 4.14. The minimum absolute atomic E-state index is 0.0255. The number of hydrogen-bond acceptors (Lipinski definition) is 2. The van der Waals surface area contributed by atoms with Gasteiger partial charge in [-0.1, -0.05) is 35.9 Å². The summed E-state index contributed by atoms with van der Waals surface area (Å²) >= 11 is 0. The molecule has 0 aliphatic heterocycles. The summed E-state index contributed by atoms with van der Waals surface area (Å²) in [6.45, 7) is 4.59. The van der Waals surface area contributed by atoms with E-state index in [0.717, 1.165) is 28.0 Å². The number of benzene rings is 2. The first-order valence-corrected chi connectivity index (χ1v) is 7.77. The van der Waals surface area contributed by atoms with Gasteiger partial charge in [-0.25, -0.2) is 4.98 Å². The minimum Gasteiger partial charge on any atom is -0.352 e. The molecule has 0 radical (unpaired) electrons. The lowest BCUT2D eigenvalue weighted by molar-refractivity contribution is -0.120. The number of fused-ring (bicyclic) bond motifs is 1. The second kappa shape index (κ2) is 6.24. The predicted molar refractivity (Wildman–Crippen MR) is 92.2 cm³/mol. The summed E-state index contributed by atoms with van der Waals surface area (Å²) in [6, 6.07) is 14.2. The molecule has 0 unspecified atom stereocenters. The first-order chi connectivity index (χ1) is 11.0. The quantitative estimate of drug-likeness (QED) is 0.805. The van der Waals surface area contributed by atoms with Crippen LogP contribution in [0.3, 0.4) is 0 Å². The van der Waals surface area contributed by atoms with Crippen LogP contribution < -0.4 is 5.32 Å². The molecule has 0 aliphatic carbocycles. The molecule has 4 heteroatoms. The van der Waals surface area contributed by atoms with Gasteiger partial charge in [0, 0.05) is 13.6 Å². The van der Waals surface area contributed by atoms with Gasteiger partial charge in [0.25, 0.3) is 0 Å². The van der Waals surface area contributed by atoms with Gasteiger partial charge in [0.2, 0.25) is 5.91 Å². The molecule has 0 spiro atoms. The summed E-state index contributed by atoms with van der Waals surface area (Å²) in [7, 11) is 2.00. The lowest BCUT2D eigenvalue weighted by atomic mass is 10.1. The number of carbonyl (C=O) groups is 1. The predicted octanol–water partition coefficient (Wildman–Crippen LogP) is 3.05. The van der Waals surface area contributed by atoms with Gasteiger partial charge in [0.1, 0.15) is 5.82 Å². The average molecular weight is 307 g/mol. The van der Waals surface area contributed by atoms with E-state index in [9.17, 15) is 4.79 Å². The van der Waals surface area contributed by atoms with Crippen molar-refractivity contribution in [3.05, 3.63) is 65.0 Å². The number of amides is 1. The maximum atomic E-state index is 12.1. The van der Waals surface area contributed by atoms with Gasteiger partial charge in [0.15, 0.2) is 0 Å². The molecule has 3 rings (SSSR count). The van der Waals surface area contributed by atoms with Crippen LogP contribution in [-0.4, -0.2) is 15.5 Å². The number of nitrogens with one attached hydrogen (secondary N) is 1. The molecule has 1 amide bonds. The van der Waals surface area contributed by atoms with Crippen molar-refractivity contribution in [2.45, 2.75) is 26.8 Å². The maximum Gasteiger partial charge on any atom is 0.224 e. The molecule has 23 heavy (non-hydrogen) atoms. The topological polar surface area (TPSA) is 46.9 Å². The average Bonchev–Trinajstić information content (AvgIpc) is 2.81. The highest BCUT2D eigenvalue weighted by Crippen LogP contribution is 2.16. The van der Waals surface area contributed by atoms with Crippen LogP contribution in [0.5, 0.6) is 0 Å². The number of aromatic nitrogens is 2. The molecular formula is C19H21N3O. The van der Waals surface area contributed by atoms with E-state index >= 15 is 0 Å². The van der Waals surface area contributed by atoms with Gasteiger partial charge >= 0.3 is 0 Å². The van der Waals surface area contributed by atoms with Crippen LogP contribution in [-0.2, 0) is 24.8 Å². The van der Waals surface area contributed by atoms with E-state index in [1.807, 2.05) is 44.3 Å². The van der Waals surface area contributed by atoms with E-state index in [-0.39, 0.29) is 5.91 Å². The van der Waals surface area contributed by atoms with Crippen LogP contribution in [0.4, 0.5) is 0 Å². The van der Waals surface area contributed by atoms with Crippen molar-refractivity contribution < 1.29 is 4.79 Å². The number of carbonyl (C=O) groups excluding carboxylic acids is 1. The Hall–Kier alpha value is -2.62. The molecule has 0 fully saturated rings. The Balaban J connectivity index is 1.64. The van der Waals surface area contributed by atoms with Crippen molar-refractivity contribution in [1.29, 1.82) is 0 Å². The third kappa shape index (κ3) is 3.42. The van der Waals surface area contributed by atoms with Crippen molar-refractivity contribution >= 4 is 16.9 Å². The molecule has 4 nitrogen and oxygen atoms in total. The zero-order chi connectivity index (χ0) is 16.4. The number of nitrogens with zero attached hydrogens (tertiary/aromatic N) is 2. The fraction of sp³-hybridized carbons (Fsp3) is 0.263. The highest BCUT2D eigenvalue weighted by molar-refractivity contribution is 5.82.